The molecule has 0 unspecified atom stereocenters. The second-order valence-electron chi connectivity index (χ2n) is 3.31. The fraction of sp³-hybridized carbons (Fsp3) is 0.364. The number of methoxy groups -OCH3 is 1. The van der Waals surface area contributed by atoms with Crippen LogP contribution in [0.2, 0.25) is 0 Å². The lowest BCUT2D eigenvalue weighted by atomic mass is 10.0. The van der Waals surface area contributed by atoms with Crippen LogP contribution in [0.15, 0.2) is 18.3 Å². The molecule has 1 fully saturated rings. The van der Waals surface area contributed by atoms with Crippen LogP contribution in [0.25, 0.3) is 0 Å². The highest BCUT2D eigenvalue weighted by molar-refractivity contribution is 5.37. The number of hydrogen-bond acceptors (Lipinski definition) is 2. The topological polar surface area (TPSA) is 22.1 Å². The molecular formula is C11H11NO. The third-order valence-corrected chi connectivity index (χ3v) is 2.49. The summed E-state index contributed by atoms with van der Waals surface area (Å²) in [5.74, 6) is 3.58. The molecule has 0 spiro atoms. The van der Waals surface area contributed by atoms with Gasteiger partial charge in [0.25, 0.3) is 0 Å². The first-order chi connectivity index (χ1) is 6.30. The average molecular weight is 173 g/mol. The lowest BCUT2D eigenvalue weighted by Crippen LogP contribution is -2.04. The van der Waals surface area contributed by atoms with E-state index in [1.807, 2.05) is 12.1 Å². The van der Waals surface area contributed by atoms with Crippen molar-refractivity contribution in [2.45, 2.75) is 18.3 Å². The van der Waals surface area contributed by atoms with Gasteiger partial charge in [-0.3, -0.25) is 4.98 Å². The predicted molar refractivity (Wildman–Crippen MR) is 50.5 cm³/mol. The minimum atomic E-state index is -0.0632. The van der Waals surface area contributed by atoms with Gasteiger partial charge in [-0.2, -0.15) is 0 Å². The van der Waals surface area contributed by atoms with Gasteiger partial charge < -0.3 is 4.74 Å². The van der Waals surface area contributed by atoms with Crippen LogP contribution in [0.5, 0.6) is 5.75 Å². The quantitative estimate of drug-likeness (QED) is 0.636. The maximum absolute atomic E-state index is 5.45. The minimum Gasteiger partial charge on any atom is -0.495 e. The lowest BCUT2D eigenvalue weighted by molar-refractivity contribution is 0.412. The van der Waals surface area contributed by atoms with Gasteiger partial charge in [0, 0.05) is 0 Å². The molecule has 2 heteroatoms. The van der Waals surface area contributed by atoms with Gasteiger partial charge in [-0.1, -0.05) is 5.92 Å². The van der Waals surface area contributed by atoms with Crippen LogP contribution in [-0.2, 0) is 5.41 Å². The van der Waals surface area contributed by atoms with Crippen molar-refractivity contribution in [3.05, 3.63) is 24.0 Å². The van der Waals surface area contributed by atoms with Crippen molar-refractivity contribution in [1.82, 2.24) is 4.98 Å². The second-order valence-corrected chi connectivity index (χ2v) is 3.31. The maximum Gasteiger partial charge on any atom is 0.137 e. The molecule has 1 saturated carbocycles. The first-order valence-electron chi connectivity index (χ1n) is 4.29. The molecule has 13 heavy (non-hydrogen) atoms. The van der Waals surface area contributed by atoms with E-state index in [0.29, 0.717) is 0 Å². The molecule has 0 aliphatic heterocycles. The molecule has 1 heterocycles. The van der Waals surface area contributed by atoms with Crippen LogP contribution in [0.4, 0.5) is 0 Å². The van der Waals surface area contributed by atoms with Crippen LogP contribution in [-0.4, -0.2) is 12.1 Å². The SMILES string of the molecule is C#CC1(c2ccc(OC)cn2)CC1. The van der Waals surface area contributed by atoms with E-state index in [4.69, 9.17) is 11.2 Å². The fourth-order valence-corrected chi connectivity index (χ4v) is 1.38. The van der Waals surface area contributed by atoms with E-state index < -0.39 is 0 Å². The highest BCUT2D eigenvalue weighted by Gasteiger charge is 2.43. The number of aromatic nitrogens is 1. The van der Waals surface area contributed by atoms with E-state index in [1.54, 1.807) is 13.3 Å². The molecule has 66 valence electrons. The number of pyridine rings is 1. The molecule has 1 aliphatic carbocycles. The molecule has 0 atom stereocenters. The summed E-state index contributed by atoms with van der Waals surface area (Å²) in [4.78, 5) is 4.29. The average Bonchev–Trinajstić information content (AvgIpc) is 2.99. The Balaban J connectivity index is 2.29. The van der Waals surface area contributed by atoms with Crippen LogP contribution in [0, 0.1) is 12.3 Å². The summed E-state index contributed by atoms with van der Waals surface area (Å²) in [6.45, 7) is 0. The molecule has 1 aromatic rings. The maximum atomic E-state index is 5.45. The molecule has 2 nitrogen and oxygen atoms in total. The molecule has 1 aliphatic rings. The predicted octanol–water partition coefficient (Wildman–Crippen LogP) is 1.75. The Hall–Kier alpha value is -1.49. The van der Waals surface area contributed by atoms with E-state index in [9.17, 15) is 0 Å². The summed E-state index contributed by atoms with van der Waals surface area (Å²) < 4.78 is 5.02. The Labute approximate surface area is 77.9 Å². The molecule has 0 bridgehead atoms. The van der Waals surface area contributed by atoms with Crippen molar-refractivity contribution in [3.63, 3.8) is 0 Å². The van der Waals surface area contributed by atoms with Gasteiger partial charge >= 0.3 is 0 Å². The van der Waals surface area contributed by atoms with E-state index in [-0.39, 0.29) is 5.41 Å². The third-order valence-electron chi connectivity index (χ3n) is 2.49. The molecule has 0 saturated heterocycles. The molecule has 0 N–H and O–H groups in total. The van der Waals surface area contributed by atoms with Gasteiger partial charge in [0.2, 0.25) is 0 Å². The third kappa shape index (κ3) is 1.27. The zero-order valence-electron chi connectivity index (χ0n) is 7.58. The smallest absolute Gasteiger partial charge is 0.137 e. The van der Waals surface area contributed by atoms with Gasteiger partial charge in [-0.15, -0.1) is 6.42 Å². The van der Waals surface area contributed by atoms with Crippen molar-refractivity contribution in [1.29, 1.82) is 0 Å². The summed E-state index contributed by atoms with van der Waals surface area (Å²) in [6.07, 6.45) is 9.28. The highest BCUT2D eigenvalue weighted by Crippen LogP contribution is 2.46. The van der Waals surface area contributed by atoms with Crippen LogP contribution < -0.4 is 4.74 Å². The molecular weight excluding hydrogens is 162 g/mol. The molecule has 0 amide bonds. The zero-order chi connectivity index (χ0) is 9.31. The Morgan fingerprint density at radius 1 is 1.54 bits per heavy atom. The highest BCUT2D eigenvalue weighted by atomic mass is 16.5. The fourth-order valence-electron chi connectivity index (χ4n) is 1.38. The summed E-state index contributed by atoms with van der Waals surface area (Å²) in [5.41, 5.74) is 0.933. The Kier molecular flexibility index (Phi) is 1.73. The van der Waals surface area contributed by atoms with Crippen LogP contribution in [0.1, 0.15) is 18.5 Å². The summed E-state index contributed by atoms with van der Waals surface area (Å²) >= 11 is 0. The summed E-state index contributed by atoms with van der Waals surface area (Å²) in [7, 11) is 1.63. The first kappa shape index (κ1) is 8.12. The van der Waals surface area contributed by atoms with E-state index >= 15 is 0 Å². The zero-order valence-corrected chi connectivity index (χ0v) is 7.58. The van der Waals surface area contributed by atoms with Crippen molar-refractivity contribution in [2.24, 2.45) is 0 Å². The van der Waals surface area contributed by atoms with E-state index in [2.05, 4.69) is 10.9 Å². The largest absolute Gasteiger partial charge is 0.495 e. The standard InChI is InChI=1S/C11H11NO/c1-3-11(6-7-11)10-5-4-9(13-2)8-12-10/h1,4-5,8H,6-7H2,2H3. The Bertz CT molecular complexity index is 343. The van der Waals surface area contributed by atoms with Gasteiger partial charge in [-0.25, -0.2) is 0 Å². The minimum absolute atomic E-state index is 0.0632. The monoisotopic (exact) mass is 173 g/mol. The van der Waals surface area contributed by atoms with Gasteiger partial charge in [0.15, 0.2) is 0 Å². The van der Waals surface area contributed by atoms with Crippen molar-refractivity contribution in [3.8, 4) is 18.1 Å². The van der Waals surface area contributed by atoms with Crippen LogP contribution in [0.3, 0.4) is 0 Å². The summed E-state index contributed by atoms with van der Waals surface area (Å²) in [6, 6.07) is 3.85. The van der Waals surface area contributed by atoms with E-state index in [1.165, 1.54) is 0 Å². The Morgan fingerprint density at radius 2 is 2.31 bits per heavy atom. The lowest BCUT2D eigenvalue weighted by Gasteiger charge is -2.06. The van der Waals surface area contributed by atoms with Gasteiger partial charge in [0.05, 0.1) is 24.4 Å². The number of nitrogens with zero attached hydrogens (tertiary/aromatic N) is 1. The van der Waals surface area contributed by atoms with Crippen LogP contribution >= 0.6 is 0 Å². The molecule has 0 aromatic carbocycles. The number of ether oxygens (including phenoxy) is 1. The van der Waals surface area contributed by atoms with Crippen molar-refractivity contribution >= 4 is 0 Å². The first-order valence-corrected chi connectivity index (χ1v) is 4.29. The summed E-state index contributed by atoms with van der Waals surface area (Å²) in [5, 5.41) is 0. The number of terminal acetylenes is 1. The number of hydrogen-bond donors (Lipinski definition) is 0. The Morgan fingerprint density at radius 3 is 2.69 bits per heavy atom. The van der Waals surface area contributed by atoms with E-state index in [0.717, 1.165) is 24.3 Å². The molecule has 2 rings (SSSR count). The normalized spacial score (nSPS) is 17.5. The second kappa shape index (κ2) is 2.77. The van der Waals surface area contributed by atoms with Gasteiger partial charge in [0.1, 0.15) is 5.75 Å². The van der Waals surface area contributed by atoms with Crippen molar-refractivity contribution < 1.29 is 4.74 Å². The van der Waals surface area contributed by atoms with Gasteiger partial charge in [-0.05, 0) is 25.0 Å². The van der Waals surface area contributed by atoms with Crippen molar-refractivity contribution in [2.75, 3.05) is 7.11 Å². The molecule has 0 radical (unpaired) electrons. The molecule has 1 aromatic heterocycles. The number of rotatable bonds is 2.